The van der Waals surface area contributed by atoms with Gasteiger partial charge in [0.25, 0.3) is 0 Å². The molecule has 5 heterocycles. The molecule has 5 rings (SSSR count). The van der Waals surface area contributed by atoms with Gasteiger partial charge < -0.3 is 9.30 Å². The molecule has 2 atom stereocenters. The van der Waals surface area contributed by atoms with Gasteiger partial charge in [-0.1, -0.05) is 6.07 Å². The van der Waals surface area contributed by atoms with Crippen molar-refractivity contribution in [3.63, 3.8) is 0 Å². The van der Waals surface area contributed by atoms with Crippen molar-refractivity contribution in [3.8, 4) is 0 Å². The van der Waals surface area contributed by atoms with Crippen LogP contribution < -0.4 is 0 Å². The summed E-state index contributed by atoms with van der Waals surface area (Å²) in [5, 5.41) is 0. The Kier molecular flexibility index (Phi) is 4.04. The van der Waals surface area contributed by atoms with Gasteiger partial charge in [-0.25, -0.2) is 13.4 Å². The van der Waals surface area contributed by atoms with E-state index in [1.165, 1.54) is 10.6 Å². The van der Waals surface area contributed by atoms with Crippen LogP contribution in [-0.4, -0.2) is 64.8 Å². The Morgan fingerprint density at radius 3 is 2.88 bits per heavy atom. The lowest BCUT2D eigenvalue weighted by Gasteiger charge is -2.36. The summed E-state index contributed by atoms with van der Waals surface area (Å²) in [6.07, 6.45) is 7.04. The fraction of sp³-hybridized carbons (Fsp3) is 0.529. The number of carbonyl (C=O) groups is 1. The number of piperidine rings is 1. The summed E-state index contributed by atoms with van der Waals surface area (Å²) in [6, 6.07) is 5.72. The molecule has 0 saturated carbocycles. The minimum absolute atomic E-state index is 0.0276. The molecule has 0 unspecified atom stereocenters. The minimum Gasteiger partial charge on any atom is -0.338 e. The third-order valence-corrected chi connectivity index (χ3v) is 6.53. The SMILES string of the molecule is CS(=O)(=O)N1C[C@H]2CC[C@@H](C1)N(C(=O)Cc1cnc3ccccn13)C2. The maximum atomic E-state index is 12.9. The van der Waals surface area contributed by atoms with Gasteiger partial charge in [0.15, 0.2) is 0 Å². The Bertz CT molecular complexity index is 908. The quantitative estimate of drug-likeness (QED) is 0.808. The van der Waals surface area contributed by atoms with Gasteiger partial charge >= 0.3 is 0 Å². The zero-order valence-corrected chi connectivity index (χ0v) is 15.0. The van der Waals surface area contributed by atoms with Gasteiger partial charge in [-0.3, -0.25) is 4.79 Å². The number of aromatic nitrogens is 2. The van der Waals surface area contributed by atoms with Gasteiger partial charge in [-0.15, -0.1) is 0 Å². The maximum absolute atomic E-state index is 12.9. The summed E-state index contributed by atoms with van der Waals surface area (Å²) in [7, 11) is -3.22. The first kappa shape index (κ1) is 16.5. The molecule has 3 saturated heterocycles. The highest BCUT2D eigenvalue weighted by atomic mass is 32.2. The number of amides is 1. The van der Waals surface area contributed by atoms with Crippen molar-refractivity contribution in [1.82, 2.24) is 18.6 Å². The summed E-state index contributed by atoms with van der Waals surface area (Å²) < 4.78 is 27.4. The molecule has 134 valence electrons. The Labute approximate surface area is 147 Å². The second-order valence-electron chi connectivity index (χ2n) is 7.08. The molecule has 0 N–H and O–H groups in total. The molecule has 2 aromatic heterocycles. The molecule has 8 heteroatoms. The number of carbonyl (C=O) groups excluding carboxylic acids is 1. The summed E-state index contributed by atoms with van der Waals surface area (Å²) in [6.45, 7) is 1.58. The van der Waals surface area contributed by atoms with Gasteiger partial charge in [0.1, 0.15) is 5.65 Å². The van der Waals surface area contributed by atoms with E-state index in [2.05, 4.69) is 4.98 Å². The van der Waals surface area contributed by atoms with Crippen molar-refractivity contribution in [2.75, 3.05) is 25.9 Å². The van der Waals surface area contributed by atoms with E-state index in [9.17, 15) is 13.2 Å². The highest BCUT2D eigenvalue weighted by molar-refractivity contribution is 7.88. The topological polar surface area (TPSA) is 75.0 Å². The molecule has 3 fully saturated rings. The van der Waals surface area contributed by atoms with Crippen LogP contribution in [0, 0.1) is 5.92 Å². The van der Waals surface area contributed by atoms with Crippen molar-refractivity contribution >= 4 is 21.6 Å². The highest BCUT2D eigenvalue weighted by Gasteiger charge is 2.39. The van der Waals surface area contributed by atoms with Crippen LogP contribution in [0.2, 0.25) is 0 Å². The minimum atomic E-state index is -3.22. The van der Waals surface area contributed by atoms with E-state index < -0.39 is 10.0 Å². The predicted octanol–water partition coefficient (Wildman–Crippen LogP) is 0.759. The molecular formula is C17H22N4O3S. The largest absolute Gasteiger partial charge is 0.338 e. The Balaban J connectivity index is 1.55. The van der Waals surface area contributed by atoms with Gasteiger partial charge in [0.2, 0.25) is 15.9 Å². The maximum Gasteiger partial charge on any atom is 0.228 e. The zero-order chi connectivity index (χ0) is 17.6. The first-order valence-electron chi connectivity index (χ1n) is 8.57. The second kappa shape index (κ2) is 6.10. The summed E-state index contributed by atoms with van der Waals surface area (Å²) in [5.74, 6) is 0.273. The third kappa shape index (κ3) is 3.16. The number of hydrogen-bond acceptors (Lipinski definition) is 4. The smallest absolute Gasteiger partial charge is 0.228 e. The van der Waals surface area contributed by atoms with Crippen LogP contribution >= 0.6 is 0 Å². The molecule has 3 aliphatic heterocycles. The number of hydrogen-bond donors (Lipinski definition) is 0. The molecule has 3 aliphatic rings. The van der Waals surface area contributed by atoms with Crippen molar-refractivity contribution < 1.29 is 13.2 Å². The van der Waals surface area contributed by atoms with Crippen LogP contribution in [0.15, 0.2) is 30.6 Å². The van der Waals surface area contributed by atoms with E-state index in [-0.39, 0.29) is 24.3 Å². The van der Waals surface area contributed by atoms with E-state index in [0.29, 0.717) is 19.6 Å². The van der Waals surface area contributed by atoms with Gasteiger partial charge in [0, 0.05) is 38.1 Å². The van der Waals surface area contributed by atoms with E-state index >= 15 is 0 Å². The molecule has 7 nitrogen and oxygen atoms in total. The van der Waals surface area contributed by atoms with Crippen molar-refractivity contribution in [2.45, 2.75) is 25.3 Å². The fourth-order valence-electron chi connectivity index (χ4n) is 3.99. The number of imidazole rings is 1. The molecule has 25 heavy (non-hydrogen) atoms. The van der Waals surface area contributed by atoms with Crippen molar-refractivity contribution in [2.24, 2.45) is 5.92 Å². The summed E-state index contributed by atoms with van der Waals surface area (Å²) in [4.78, 5) is 19.1. The normalized spacial score (nSPS) is 24.6. The zero-order valence-electron chi connectivity index (χ0n) is 14.2. The number of sulfonamides is 1. The predicted molar refractivity (Wildman–Crippen MR) is 93.5 cm³/mol. The standard InChI is InChI=1S/C17H22N4O3S/c1-25(23,24)19-10-13-5-6-14(12-19)21(11-13)17(22)8-15-9-18-16-4-2-3-7-20(15)16/h2-4,7,9,13-14H,5-6,8,10-12H2,1H3/t13-,14+/m1/s1. The summed E-state index contributed by atoms with van der Waals surface area (Å²) >= 11 is 0. The molecule has 0 aliphatic carbocycles. The van der Waals surface area contributed by atoms with Crippen LogP contribution in [0.5, 0.6) is 0 Å². The molecule has 0 radical (unpaired) electrons. The first-order valence-corrected chi connectivity index (χ1v) is 10.4. The lowest BCUT2D eigenvalue weighted by molar-refractivity contribution is -0.134. The van der Waals surface area contributed by atoms with Crippen molar-refractivity contribution in [1.29, 1.82) is 0 Å². The van der Waals surface area contributed by atoms with Crippen LogP contribution in [0.4, 0.5) is 0 Å². The van der Waals surface area contributed by atoms with Crippen LogP contribution in [0.25, 0.3) is 5.65 Å². The Morgan fingerprint density at radius 1 is 1.24 bits per heavy atom. The van der Waals surface area contributed by atoms with Crippen molar-refractivity contribution in [3.05, 3.63) is 36.3 Å². The van der Waals surface area contributed by atoms with E-state index in [1.54, 1.807) is 6.20 Å². The monoisotopic (exact) mass is 362 g/mol. The number of pyridine rings is 1. The van der Waals surface area contributed by atoms with Gasteiger partial charge in [-0.05, 0) is 30.9 Å². The fourth-order valence-corrected chi connectivity index (χ4v) is 4.91. The molecule has 0 spiro atoms. The van der Waals surface area contributed by atoms with Gasteiger partial charge in [-0.2, -0.15) is 4.31 Å². The highest BCUT2D eigenvalue weighted by Crippen LogP contribution is 2.29. The van der Waals surface area contributed by atoms with E-state index in [0.717, 1.165) is 24.2 Å². The van der Waals surface area contributed by atoms with E-state index in [4.69, 9.17) is 0 Å². The molecular weight excluding hydrogens is 340 g/mol. The number of fused-ring (bicyclic) bond motifs is 5. The molecule has 1 amide bonds. The number of rotatable bonds is 3. The lowest BCUT2D eigenvalue weighted by atomic mass is 9.94. The van der Waals surface area contributed by atoms with Crippen LogP contribution in [-0.2, 0) is 21.2 Å². The molecule has 2 aromatic rings. The van der Waals surface area contributed by atoms with Crippen LogP contribution in [0.3, 0.4) is 0 Å². The average molecular weight is 362 g/mol. The molecule has 0 aromatic carbocycles. The number of nitrogens with zero attached hydrogens (tertiary/aromatic N) is 4. The summed E-state index contributed by atoms with van der Waals surface area (Å²) in [5.41, 5.74) is 1.69. The van der Waals surface area contributed by atoms with Gasteiger partial charge in [0.05, 0.1) is 18.4 Å². The third-order valence-electron chi connectivity index (χ3n) is 5.30. The second-order valence-corrected chi connectivity index (χ2v) is 9.06. The molecule has 2 bridgehead atoms. The van der Waals surface area contributed by atoms with E-state index in [1.807, 2.05) is 33.7 Å². The Morgan fingerprint density at radius 2 is 2.08 bits per heavy atom. The average Bonchev–Trinajstić information content (AvgIpc) is 2.76. The van der Waals surface area contributed by atoms with Crippen LogP contribution in [0.1, 0.15) is 18.5 Å². The lowest BCUT2D eigenvalue weighted by Crippen LogP contribution is -2.48. The Hall–Kier alpha value is -1.93. The first-order chi connectivity index (χ1) is 11.9.